The lowest BCUT2D eigenvalue weighted by molar-refractivity contribution is 0.0636. The van der Waals surface area contributed by atoms with Crippen LogP contribution in [0.1, 0.15) is 31.9 Å². The molecule has 1 aromatic carbocycles. The van der Waals surface area contributed by atoms with Gasteiger partial charge in [0.25, 0.3) is 0 Å². The lowest BCUT2D eigenvalue weighted by Gasteiger charge is -2.20. The molecule has 1 amide bonds. The van der Waals surface area contributed by atoms with E-state index in [1.54, 1.807) is 0 Å². The molecular formula is C13H18ClNO2. The molecule has 94 valence electrons. The normalized spacial score (nSPS) is 11.1. The first kappa shape index (κ1) is 13.8. The monoisotopic (exact) mass is 255 g/mol. The fraction of sp³-hybridized carbons (Fsp3) is 0.462. The van der Waals surface area contributed by atoms with Gasteiger partial charge in [-0.15, -0.1) is 11.6 Å². The van der Waals surface area contributed by atoms with Gasteiger partial charge in [-0.3, -0.25) is 5.32 Å². The number of carbonyl (C=O) groups is 1. The molecule has 4 heteroatoms. The summed E-state index contributed by atoms with van der Waals surface area (Å²) in [5.41, 5.74) is 2.18. The average Bonchev–Trinajstić information content (AvgIpc) is 2.17. The fourth-order valence-electron chi connectivity index (χ4n) is 1.37. The van der Waals surface area contributed by atoms with Gasteiger partial charge >= 0.3 is 6.09 Å². The summed E-state index contributed by atoms with van der Waals surface area (Å²) >= 11 is 5.83. The van der Waals surface area contributed by atoms with Crippen molar-refractivity contribution in [3.8, 4) is 0 Å². The van der Waals surface area contributed by atoms with Crippen LogP contribution < -0.4 is 5.32 Å². The third kappa shape index (κ3) is 4.65. The summed E-state index contributed by atoms with van der Waals surface area (Å²) in [4.78, 5) is 11.6. The van der Waals surface area contributed by atoms with Crippen LogP contribution in [0.3, 0.4) is 0 Å². The molecule has 0 saturated carbocycles. The van der Waals surface area contributed by atoms with E-state index in [4.69, 9.17) is 16.3 Å². The van der Waals surface area contributed by atoms with Crippen LogP contribution in [-0.2, 0) is 10.6 Å². The van der Waals surface area contributed by atoms with Crippen LogP contribution in [-0.4, -0.2) is 11.7 Å². The quantitative estimate of drug-likeness (QED) is 0.809. The number of halogens is 1. The molecule has 1 rings (SSSR count). The minimum atomic E-state index is -0.504. The van der Waals surface area contributed by atoms with Gasteiger partial charge in [-0.25, -0.2) is 4.79 Å². The van der Waals surface area contributed by atoms with Gasteiger partial charge in [0, 0.05) is 11.6 Å². The van der Waals surface area contributed by atoms with Crippen molar-refractivity contribution in [2.45, 2.75) is 39.2 Å². The molecule has 0 heterocycles. The summed E-state index contributed by atoms with van der Waals surface area (Å²) < 4.78 is 5.18. The number of rotatable bonds is 2. The van der Waals surface area contributed by atoms with Crippen LogP contribution in [0.15, 0.2) is 18.2 Å². The zero-order valence-electron chi connectivity index (χ0n) is 10.6. The molecule has 0 aliphatic rings. The van der Waals surface area contributed by atoms with E-state index < -0.39 is 11.7 Å². The van der Waals surface area contributed by atoms with Crippen molar-refractivity contribution in [2.24, 2.45) is 0 Å². The number of benzene rings is 1. The van der Waals surface area contributed by atoms with Gasteiger partial charge in [-0.2, -0.15) is 0 Å². The van der Waals surface area contributed by atoms with Crippen LogP contribution in [0.25, 0.3) is 0 Å². The van der Waals surface area contributed by atoms with Crippen molar-refractivity contribution in [3.05, 3.63) is 29.3 Å². The molecule has 0 aliphatic carbocycles. The fourth-order valence-corrected chi connectivity index (χ4v) is 1.59. The van der Waals surface area contributed by atoms with E-state index in [0.29, 0.717) is 11.6 Å². The number of ether oxygens (including phenoxy) is 1. The smallest absolute Gasteiger partial charge is 0.412 e. The summed E-state index contributed by atoms with van der Waals surface area (Å²) in [5.74, 6) is 0.354. The second kappa shape index (κ2) is 5.41. The standard InChI is InChI=1S/C13H18ClNO2/c1-9-5-6-11(10(7-9)8-14)15-12(16)17-13(2,3)4/h5-7H,8H2,1-4H3,(H,15,16). The number of hydrogen-bond acceptors (Lipinski definition) is 2. The highest BCUT2D eigenvalue weighted by molar-refractivity contribution is 6.17. The van der Waals surface area contributed by atoms with E-state index in [1.807, 2.05) is 45.9 Å². The largest absolute Gasteiger partial charge is 0.444 e. The predicted octanol–water partition coefficient (Wildman–Crippen LogP) is 4.08. The van der Waals surface area contributed by atoms with Crippen molar-refractivity contribution in [1.82, 2.24) is 0 Å². The molecule has 0 unspecified atom stereocenters. The van der Waals surface area contributed by atoms with Gasteiger partial charge in [-0.1, -0.05) is 17.7 Å². The maximum absolute atomic E-state index is 11.6. The molecule has 0 atom stereocenters. The molecular weight excluding hydrogens is 238 g/mol. The molecule has 0 aliphatic heterocycles. The first-order valence-electron chi connectivity index (χ1n) is 5.47. The lowest BCUT2D eigenvalue weighted by Crippen LogP contribution is -2.27. The maximum atomic E-state index is 11.6. The van der Waals surface area contributed by atoms with Crippen LogP contribution in [0.4, 0.5) is 10.5 Å². The molecule has 1 aromatic rings. The van der Waals surface area contributed by atoms with E-state index in [9.17, 15) is 4.79 Å². The Morgan fingerprint density at radius 2 is 2.06 bits per heavy atom. The highest BCUT2D eigenvalue weighted by atomic mass is 35.5. The van der Waals surface area contributed by atoms with Gasteiger partial charge in [0.05, 0.1) is 0 Å². The Bertz CT molecular complexity index is 410. The number of amides is 1. The highest BCUT2D eigenvalue weighted by Crippen LogP contribution is 2.20. The van der Waals surface area contributed by atoms with E-state index >= 15 is 0 Å². The Morgan fingerprint density at radius 3 is 2.59 bits per heavy atom. The van der Waals surface area contributed by atoms with E-state index in [2.05, 4.69) is 5.32 Å². The Hall–Kier alpha value is -1.22. The SMILES string of the molecule is Cc1ccc(NC(=O)OC(C)(C)C)c(CCl)c1. The maximum Gasteiger partial charge on any atom is 0.412 e. The van der Waals surface area contributed by atoms with E-state index in [1.165, 1.54) is 0 Å². The van der Waals surface area contributed by atoms with Gasteiger partial charge in [-0.05, 0) is 39.3 Å². The molecule has 0 spiro atoms. The molecule has 0 saturated heterocycles. The second-order valence-electron chi connectivity index (χ2n) is 4.92. The molecule has 0 radical (unpaired) electrons. The molecule has 0 bridgehead atoms. The van der Waals surface area contributed by atoms with Crippen LogP contribution in [0.5, 0.6) is 0 Å². The summed E-state index contributed by atoms with van der Waals surface area (Å²) in [6.45, 7) is 7.45. The molecule has 0 aromatic heterocycles. The van der Waals surface area contributed by atoms with E-state index in [-0.39, 0.29) is 0 Å². The topological polar surface area (TPSA) is 38.3 Å². The van der Waals surface area contributed by atoms with Crippen LogP contribution in [0.2, 0.25) is 0 Å². The zero-order valence-corrected chi connectivity index (χ0v) is 11.4. The first-order valence-corrected chi connectivity index (χ1v) is 6.01. The lowest BCUT2D eigenvalue weighted by atomic mass is 10.1. The Kier molecular flexibility index (Phi) is 4.40. The first-order chi connectivity index (χ1) is 7.81. The number of aryl methyl sites for hydroxylation is 1. The molecule has 1 N–H and O–H groups in total. The average molecular weight is 256 g/mol. The third-order valence-electron chi connectivity index (χ3n) is 2.04. The Morgan fingerprint density at radius 1 is 1.41 bits per heavy atom. The number of alkyl halides is 1. The summed E-state index contributed by atoms with van der Waals surface area (Å²) in [7, 11) is 0. The minimum Gasteiger partial charge on any atom is -0.444 e. The van der Waals surface area contributed by atoms with Crippen LogP contribution in [0, 0.1) is 6.92 Å². The molecule has 3 nitrogen and oxygen atoms in total. The summed E-state index contributed by atoms with van der Waals surface area (Å²) in [6, 6.07) is 5.69. The van der Waals surface area contributed by atoms with Crippen molar-refractivity contribution >= 4 is 23.4 Å². The number of anilines is 1. The van der Waals surface area contributed by atoms with Crippen molar-refractivity contribution < 1.29 is 9.53 Å². The Labute approximate surface area is 107 Å². The van der Waals surface area contributed by atoms with Crippen LogP contribution >= 0.6 is 11.6 Å². The van der Waals surface area contributed by atoms with Gasteiger partial charge in [0.2, 0.25) is 0 Å². The van der Waals surface area contributed by atoms with Gasteiger partial charge < -0.3 is 4.74 Å². The van der Waals surface area contributed by atoms with Crippen molar-refractivity contribution in [2.75, 3.05) is 5.32 Å². The molecule has 0 fully saturated rings. The minimum absolute atomic E-state index is 0.354. The van der Waals surface area contributed by atoms with Gasteiger partial charge in [0.1, 0.15) is 5.60 Å². The van der Waals surface area contributed by atoms with Gasteiger partial charge in [0.15, 0.2) is 0 Å². The summed E-state index contributed by atoms with van der Waals surface area (Å²) in [6.07, 6.45) is -0.465. The predicted molar refractivity (Wildman–Crippen MR) is 70.6 cm³/mol. The highest BCUT2D eigenvalue weighted by Gasteiger charge is 2.16. The second-order valence-corrected chi connectivity index (χ2v) is 5.19. The zero-order chi connectivity index (χ0) is 13.1. The van der Waals surface area contributed by atoms with Crippen molar-refractivity contribution in [1.29, 1.82) is 0 Å². The number of nitrogens with one attached hydrogen (secondary N) is 1. The van der Waals surface area contributed by atoms with E-state index in [0.717, 1.165) is 11.1 Å². The van der Waals surface area contributed by atoms with Crippen molar-refractivity contribution in [3.63, 3.8) is 0 Å². The number of hydrogen-bond donors (Lipinski definition) is 1. The number of carbonyl (C=O) groups excluding carboxylic acids is 1. The third-order valence-corrected chi connectivity index (χ3v) is 2.33. The Balaban J connectivity index is 2.78. The summed E-state index contributed by atoms with van der Waals surface area (Å²) in [5, 5.41) is 2.70. The molecule has 17 heavy (non-hydrogen) atoms.